The van der Waals surface area contributed by atoms with E-state index in [4.69, 9.17) is 5.11 Å². The van der Waals surface area contributed by atoms with Gasteiger partial charge < -0.3 is 20.5 Å². The average Bonchev–Trinajstić information content (AvgIpc) is 2.28. The first-order valence-corrected chi connectivity index (χ1v) is 5.82. The summed E-state index contributed by atoms with van der Waals surface area (Å²) in [7, 11) is 0. The van der Waals surface area contributed by atoms with Crippen LogP contribution in [0, 0.1) is 0 Å². The van der Waals surface area contributed by atoms with Crippen molar-refractivity contribution in [1.82, 2.24) is 5.32 Å². The number of hydrogen-bond acceptors (Lipinski definition) is 3. The van der Waals surface area contributed by atoms with Crippen LogP contribution in [-0.4, -0.2) is 30.7 Å². The lowest BCUT2D eigenvalue weighted by Crippen LogP contribution is -2.31. The van der Waals surface area contributed by atoms with Crippen molar-refractivity contribution in [3.05, 3.63) is 22.7 Å². The largest absolute Gasteiger partial charge is 0.573 e. The number of aliphatic hydroxyl groups excluding tert-OH is 1. The summed E-state index contributed by atoms with van der Waals surface area (Å²) >= 11 is 3.00. The molecule has 3 N–H and O–H groups in total. The van der Waals surface area contributed by atoms with Crippen LogP contribution in [0.3, 0.4) is 0 Å². The van der Waals surface area contributed by atoms with E-state index in [1.54, 1.807) is 0 Å². The van der Waals surface area contributed by atoms with Crippen molar-refractivity contribution < 1.29 is 27.8 Å². The quantitative estimate of drug-likeness (QED) is 0.787. The molecule has 0 aromatic heterocycles. The van der Waals surface area contributed by atoms with Gasteiger partial charge in [0.25, 0.3) is 0 Å². The molecule has 0 saturated heterocycles. The Balaban J connectivity index is 2.84. The number of aliphatic hydroxyl groups is 1. The maximum atomic E-state index is 12.2. The maximum Gasteiger partial charge on any atom is 0.573 e. The van der Waals surface area contributed by atoms with Crippen LogP contribution in [0.2, 0.25) is 0 Å². The monoisotopic (exact) mass is 342 g/mol. The number of benzene rings is 1. The van der Waals surface area contributed by atoms with Gasteiger partial charge in [-0.3, -0.25) is 0 Å². The molecule has 1 rings (SSSR count). The van der Waals surface area contributed by atoms with Crippen LogP contribution < -0.4 is 15.4 Å². The first kappa shape index (κ1) is 15.6. The van der Waals surface area contributed by atoms with Crippen LogP contribution in [0.25, 0.3) is 0 Å². The van der Waals surface area contributed by atoms with Gasteiger partial charge in [0.05, 0.1) is 12.3 Å². The van der Waals surface area contributed by atoms with E-state index in [9.17, 15) is 18.0 Å². The van der Waals surface area contributed by atoms with Gasteiger partial charge >= 0.3 is 12.4 Å². The molecular weight excluding hydrogens is 333 g/mol. The van der Waals surface area contributed by atoms with Gasteiger partial charge in [-0.2, -0.15) is 0 Å². The van der Waals surface area contributed by atoms with Crippen molar-refractivity contribution in [2.75, 3.05) is 18.5 Å². The molecule has 0 aliphatic rings. The van der Waals surface area contributed by atoms with E-state index in [1.165, 1.54) is 12.1 Å². The molecule has 106 valence electrons. The molecule has 1 aromatic rings. The smallest absolute Gasteiger partial charge is 0.404 e. The Kier molecular flexibility index (Phi) is 5.43. The highest BCUT2D eigenvalue weighted by Gasteiger charge is 2.32. The third-order valence-corrected chi connectivity index (χ3v) is 2.31. The van der Waals surface area contributed by atoms with Gasteiger partial charge in [0.2, 0.25) is 0 Å². The second-order valence-electron chi connectivity index (χ2n) is 3.29. The number of carbonyl (C=O) groups excluding carboxylic acids is 1. The average molecular weight is 343 g/mol. The molecule has 0 spiro atoms. The molecule has 0 aliphatic heterocycles. The first-order valence-electron chi connectivity index (χ1n) is 5.03. The zero-order chi connectivity index (χ0) is 14.5. The summed E-state index contributed by atoms with van der Waals surface area (Å²) < 4.78 is 40.7. The molecule has 0 radical (unpaired) electrons. The van der Waals surface area contributed by atoms with E-state index < -0.39 is 18.1 Å². The van der Waals surface area contributed by atoms with Gasteiger partial charge in [-0.05, 0) is 18.2 Å². The zero-order valence-electron chi connectivity index (χ0n) is 9.42. The topological polar surface area (TPSA) is 70.6 Å². The Hall–Kier alpha value is -1.48. The lowest BCUT2D eigenvalue weighted by atomic mass is 10.3. The number of alkyl halides is 3. The highest BCUT2D eigenvalue weighted by atomic mass is 79.9. The minimum absolute atomic E-state index is 0.0160. The maximum absolute atomic E-state index is 12.2. The molecule has 0 aliphatic carbocycles. The molecule has 0 fully saturated rings. The van der Waals surface area contributed by atoms with Crippen LogP contribution in [-0.2, 0) is 0 Å². The highest BCUT2D eigenvalue weighted by Crippen LogP contribution is 2.32. The Morgan fingerprint density at radius 1 is 1.42 bits per heavy atom. The van der Waals surface area contributed by atoms with Gasteiger partial charge in [-0.15, -0.1) is 13.2 Å². The normalized spacial score (nSPS) is 11.0. The third-order valence-electron chi connectivity index (χ3n) is 1.81. The van der Waals surface area contributed by atoms with Gasteiger partial charge in [0.1, 0.15) is 0 Å². The van der Waals surface area contributed by atoms with E-state index in [1.807, 2.05) is 0 Å². The van der Waals surface area contributed by atoms with Gasteiger partial charge in [0.15, 0.2) is 5.75 Å². The van der Waals surface area contributed by atoms with Gasteiger partial charge in [-0.1, -0.05) is 15.9 Å². The summed E-state index contributed by atoms with van der Waals surface area (Å²) in [5.74, 6) is -0.541. The SMILES string of the molecule is O=C(NCCO)Nc1ccc(Br)cc1OC(F)(F)F. The van der Waals surface area contributed by atoms with Crippen LogP contribution in [0.1, 0.15) is 0 Å². The number of amides is 2. The van der Waals surface area contributed by atoms with Gasteiger partial charge in [-0.25, -0.2) is 4.79 Å². The van der Waals surface area contributed by atoms with Crippen LogP contribution in [0.15, 0.2) is 22.7 Å². The van der Waals surface area contributed by atoms with Gasteiger partial charge in [0, 0.05) is 11.0 Å². The number of rotatable bonds is 4. The molecule has 0 bridgehead atoms. The molecule has 1 aromatic carbocycles. The molecule has 5 nitrogen and oxygen atoms in total. The first-order chi connectivity index (χ1) is 8.81. The molecule has 0 unspecified atom stereocenters. The van der Waals surface area contributed by atoms with Crippen LogP contribution >= 0.6 is 15.9 Å². The van der Waals surface area contributed by atoms with Crippen LogP contribution in [0.4, 0.5) is 23.7 Å². The van der Waals surface area contributed by atoms with E-state index in [0.717, 1.165) is 6.07 Å². The summed E-state index contributed by atoms with van der Waals surface area (Å²) in [5.41, 5.74) is -0.143. The fraction of sp³-hybridized carbons (Fsp3) is 0.300. The third kappa shape index (κ3) is 5.79. The van der Waals surface area contributed by atoms with E-state index in [2.05, 4.69) is 31.3 Å². The van der Waals surface area contributed by atoms with Crippen LogP contribution in [0.5, 0.6) is 5.75 Å². The predicted octanol–water partition coefficient (Wildman–Crippen LogP) is 2.46. The fourth-order valence-electron chi connectivity index (χ4n) is 1.14. The van der Waals surface area contributed by atoms with Crippen molar-refractivity contribution in [2.45, 2.75) is 6.36 Å². The lowest BCUT2D eigenvalue weighted by Gasteiger charge is -2.14. The Morgan fingerprint density at radius 2 is 2.11 bits per heavy atom. The molecule has 9 heteroatoms. The lowest BCUT2D eigenvalue weighted by molar-refractivity contribution is -0.274. The number of ether oxygens (including phenoxy) is 1. The number of halogens is 4. The second-order valence-corrected chi connectivity index (χ2v) is 4.21. The molecular formula is C10H10BrF3N2O3. The molecule has 19 heavy (non-hydrogen) atoms. The Bertz CT molecular complexity index is 454. The zero-order valence-corrected chi connectivity index (χ0v) is 11.0. The summed E-state index contributed by atoms with van der Waals surface area (Å²) in [6.07, 6.45) is -4.86. The number of anilines is 1. The minimum Gasteiger partial charge on any atom is -0.404 e. The van der Waals surface area contributed by atoms with E-state index >= 15 is 0 Å². The highest BCUT2D eigenvalue weighted by molar-refractivity contribution is 9.10. The van der Waals surface area contributed by atoms with Crippen molar-refractivity contribution in [3.63, 3.8) is 0 Å². The van der Waals surface area contributed by atoms with E-state index in [0.29, 0.717) is 4.47 Å². The van der Waals surface area contributed by atoms with E-state index in [-0.39, 0.29) is 18.8 Å². The standard InChI is InChI=1S/C10H10BrF3N2O3/c11-6-1-2-7(16-9(18)15-3-4-17)8(5-6)19-10(12,13)14/h1-2,5,17H,3-4H2,(H2,15,16,18). The van der Waals surface area contributed by atoms with Crippen molar-refractivity contribution in [3.8, 4) is 5.75 Å². The summed E-state index contributed by atoms with van der Waals surface area (Å²) in [5, 5.41) is 12.9. The number of nitrogens with one attached hydrogen (secondary N) is 2. The minimum atomic E-state index is -4.86. The number of carbonyl (C=O) groups is 1. The Morgan fingerprint density at radius 3 is 2.68 bits per heavy atom. The fourth-order valence-corrected chi connectivity index (χ4v) is 1.48. The van der Waals surface area contributed by atoms with Crippen molar-refractivity contribution in [1.29, 1.82) is 0 Å². The van der Waals surface area contributed by atoms with Crippen molar-refractivity contribution in [2.24, 2.45) is 0 Å². The summed E-state index contributed by atoms with van der Waals surface area (Å²) in [6.45, 7) is -0.294. The Labute approximate surface area is 114 Å². The number of hydrogen-bond donors (Lipinski definition) is 3. The molecule has 0 saturated carbocycles. The predicted molar refractivity (Wildman–Crippen MR) is 64.9 cm³/mol. The summed E-state index contributed by atoms with van der Waals surface area (Å²) in [4.78, 5) is 11.3. The molecule has 0 atom stereocenters. The summed E-state index contributed by atoms with van der Waals surface area (Å²) in [6, 6.07) is 3.03. The van der Waals surface area contributed by atoms with Crippen molar-refractivity contribution >= 4 is 27.6 Å². The number of urea groups is 1. The molecule has 0 heterocycles. The second kappa shape index (κ2) is 6.62. The molecule has 2 amide bonds.